The van der Waals surface area contributed by atoms with Crippen molar-refractivity contribution in [1.82, 2.24) is 14.5 Å². The molecule has 1 atom stereocenters. The van der Waals surface area contributed by atoms with Gasteiger partial charge in [-0.2, -0.15) is 4.31 Å². The van der Waals surface area contributed by atoms with Crippen LogP contribution in [0.3, 0.4) is 0 Å². The van der Waals surface area contributed by atoms with Crippen molar-refractivity contribution in [3.63, 3.8) is 0 Å². The van der Waals surface area contributed by atoms with Crippen LogP contribution in [-0.2, 0) is 10.0 Å². The van der Waals surface area contributed by atoms with E-state index >= 15 is 0 Å². The van der Waals surface area contributed by atoms with Crippen LogP contribution in [0.5, 0.6) is 0 Å². The number of hydrogen-bond acceptors (Lipinski definition) is 5. The van der Waals surface area contributed by atoms with E-state index in [1.54, 1.807) is 31.3 Å². The van der Waals surface area contributed by atoms with Crippen molar-refractivity contribution in [2.75, 3.05) is 7.05 Å². The van der Waals surface area contributed by atoms with Gasteiger partial charge in [0.25, 0.3) is 0 Å². The summed E-state index contributed by atoms with van der Waals surface area (Å²) in [6.45, 7) is 3.89. The maximum absolute atomic E-state index is 12.9. The van der Waals surface area contributed by atoms with E-state index in [9.17, 15) is 8.42 Å². The van der Waals surface area contributed by atoms with Crippen molar-refractivity contribution in [3.05, 3.63) is 40.5 Å². The summed E-state index contributed by atoms with van der Waals surface area (Å²) in [5.74, 6) is 1.31. The predicted octanol–water partition coefficient (Wildman–Crippen LogP) is 3.73. The summed E-state index contributed by atoms with van der Waals surface area (Å²) < 4.78 is 33.8. The Morgan fingerprint density at radius 3 is 2.38 bits per heavy atom. The molecule has 3 rings (SSSR count). The van der Waals surface area contributed by atoms with Gasteiger partial charge >= 0.3 is 0 Å². The van der Waals surface area contributed by atoms with Gasteiger partial charge in [-0.15, -0.1) is 10.2 Å². The number of nitrogens with zero attached hydrogens (tertiary/aromatic N) is 3. The molecule has 130 valence electrons. The Hall–Kier alpha value is -1.25. The molecule has 1 aromatic carbocycles. The fourth-order valence-electron chi connectivity index (χ4n) is 2.64. The standard InChI is InChI=1S/C16H20BrN3O3S/c1-10(2)14(16-19-18-15(23-16)11-4-5-11)20(3)24(21,22)13-8-6-12(17)7-9-13/h6-11,14H,4-5H2,1-3H3. The predicted molar refractivity (Wildman–Crippen MR) is 92.9 cm³/mol. The molecule has 1 aromatic heterocycles. The van der Waals surface area contributed by atoms with E-state index in [-0.39, 0.29) is 10.8 Å². The second kappa shape index (κ2) is 6.57. The highest BCUT2D eigenvalue weighted by atomic mass is 79.9. The van der Waals surface area contributed by atoms with E-state index < -0.39 is 16.1 Å². The van der Waals surface area contributed by atoms with E-state index in [1.807, 2.05) is 13.8 Å². The zero-order valence-corrected chi connectivity index (χ0v) is 16.2. The molecule has 1 saturated carbocycles. The minimum atomic E-state index is -3.66. The van der Waals surface area contributed by atoms with Crippen molar-refractivity contribution in [3.8, 4) is 0 Å². The average Bonchev–Trinajstić information content (AvgIpc) is 3.27. The van der Waals surface area contributed by atoms with Crippen LogP contribution < -0.4 is 0 Å². The van der Waals surface area contributed by atoms with Crippen LogP contribution in [0.15, 0.2) is 38.1 Å². The first kappa shape index (κ1) is 17.6. The second-order valence-electron chi connectivity index (χ2n) is 6.42. The number of benzene rings is 1. The third-order valence-corrected chi connectivity index (χ3v) is 6.53. The zero-order chi connectivity index (χ0) is 17.5. The molecule has 0 radical (unpaired) electrons. The monoisotopic (exact) mass is 413 g/mol. The number of halogens is 1. The van der Waals surface area contributed by atoms with Gasteiger partial charge in [-0.1, -0.05) is 29.8 Å². The second-order valence-corrected chi connectivity index (χ2v) is 9.33. The van der Waals surface area contributed by atoms with Gasteiger partial charge < -0.3 is 4.42 Å². The highest BCUT2D eigenvalue weighted by Gasteiger charge is 2.36. The van der Waals surface area contributed by atoms with Gasteiger partial charge in [0.15, 0.2) is 0 Å². The molecule has 6 nitrogen and oxygen atoms in total. The third-order valence-electron chi connectivity index (χ3n) is 4.15. The van der Waals surface area contributed by atoms with Crippen LogP contribution in [0.25, 0.3) is 0 Å². The van der Waals surface area contributed by atoms with Crippen molar-refractivity contribution in [2.45, 2.75) is 43.5 Å². The molecule has 0 spiro atoms. The van der Waals surface area contributed by atoms with Crippen LogP contribution in [0, 0.1) is 5.92 Å². The normalized spacial score (nSPS) is 16.8. The largest absolute Gasteiger partial charge is 0.423 e. The maximum atomic E-state index is 12.9. The lowest BCUT2D eigenvalue weighted by Gasteiger charge is -2.27. The van der Waals surface area contributed by atoms with E-state index in [4.69, 9.17) is 4.42 Å². The molecule has 24 heavy (non-hydrogen) atoms. The number of hydrogen-bond donors (Lipinski definition) is 0. The number of rotatable bonds is 6. The molecule has 1 fully saturated rings. The summed E-state index contributed by atoms with van der Waals surface area (Å²) in [5.41, 5.74) is 0. The molecule has 1 aliphatic carbocycles. The summed E-state index contributed by atoms with van der Waals surface area (Å²) in [5, 5.41) is 8.20. The van der Waals surface area contributed by atoms with Crippen molar-refractivity contribution in [2.24, 2.45) is 5.92 Å². The Morgan fingerprint density at radius 1 is 1.21 bits per heavy atom. The molecular formula is C16H20BrN3O3S. The Balaban J connectivity index is 1.93. The summed E-state index contributed by atoms with van der Waals surface area (Å²) in [7, 11) is -2.10. The van der Waals surface area contributed by atoms with Crippen LogP contribution in [0.4, 0.5) is 0 Å². The Morgan fingerprint density at radius 2 is 1.83 bits per heavy atom. The first-order valence-corrected chi connectivity index (χ1v) is 10.1. The molecule has 0 aliphatic heterocycles. The molecule has 0 N–H and O–H groups in total. The Labute approximate surface area is 150 Å². The van der Waals surface area contributed by atoms with E-state index in [1.165, 1.54) is 4.31 Å². The lowest BCUT2D eigenvalue weighted by molar-refractivity contribution is 0.244. The van der Waals surface area contributed by atoms with Gasteiger partial charge in [0, 0.05) is 17.4 Å². The van der Waals surface area contributed by atoms with Crippen LogP contribution in [-0.4, -0.2) is 30.0 Å². The minimum absolute atomic E-state index is 0.00673. The van der Waals surface area contributed by atoms with Crippen LogP contribution >= 0.6 is 15.9 Å². The fraction of sp³-hybridized carbons (Fsp3) is 0.500. The lowest BCUT2D eigenvalue weighted by atomic mass is 10.1. The zero-order valence-electron chi connectivity index (χ0n) is 13.8. The van der Waals surface area contributed by atoms with Gasteiger partial charge in [-0.3, -0.25) is 0 Å². The SMILES string of the molecule is CC(C)C(c1nnc(C2CC2)o1)N(C)S(=O)(=O)c1ccc(Br)cc1. The average molecular weight is 414 g/mol. The summed E-state index contributed by atoms with van der Waals surface area (Å²) >= 11 is 3.32. The highest BCUT2D eigenvalue weighted by Crippen LogP contribution is 2.40. The molecule has 0 saturated heterocycles. The first-order chi connectivity index (χ1) is 11.3. The number of aromatic nitrogens is 2. The minimum Gasteiger partial charge on any atom is -0.423 e. The Bertz CT molecular complexity index is 813. The molecule has 8 heteroatoms. The summed E-state index contributed by atoms with van der Waals surface area (Å²) in [6, 6.07) is 6.08. The number of sulfonamides is 1. The molecule has 0 bridgehead atoms. The summed E-state index contributed by atoms with van der Waals surface area (Å²) in [6.07, 6.45) is 2.11. The summed E-state index contributed by atoms with van der Waals surface area (Å²) in [4.78, 5) is 0.237. The first-order valence-electron chi connectivity index (χ1n) is 7.87. The topological polar surface area (TPSA) is 76.3 Å². The van der Waals surface area contributed by atoms with E-state index in [2.05, 4.69) is 26.1 Å². The smallest absolute Gasteiger partial charge is 0.243 e. The molecule has 1 heterocycles. The van der Waals surface area contributed by atoms with Crippen molar-refractivity contribution >= 4 is 26.0 Å². The molecule has 0 amide bonds. The third kappa shape index (κ3) is 3.41. The van der Waals surface area contributed by atoms with Gasteiger partial charge in [-0.05, 0) is 43.0 Å². The van der Waals surface area contributed by atoms with E-state index in [0.29, 0.717) is 17.7 Å². The van der Waals surface area contributed by atoms with Crippen LogP contribution in [0.2, 0.25) is 0 Å². The van der Waals surface area contributed by atoms with Gasteiger partial charge in [0.05, 0.1) is 4.90 Å². The lowest BCUT2D eigenvalue weighted by Crippen LogP contribution is -2.34. The molecule has 1 unspecified atom stereocenters. The Kier molecular flexibility index (Phi) is 4.81. The molecule has 1 aliphatic rings. The van der Waals surface area contributed by atoms with E-state index in [0.717, 1.165) is 17.3 Å². The fourth-order valence-corrected chi connectivity index (χ4v) is 4.35. The van der Waals surface area contributed by atoms with Crippen LogP contribution in [0.1, 0.15) is 50.4 Å². The molecular weight excluding hydrogens is 394 g/mol. The maximum Gasteiger partial charge on any atom is 0.243 e. The molecule has 2 aromatic rings. The van der Waals surface area contributed by atoms with Gasteiger partial charge in [-0.25, -0.2) is 8.42 Å². The van der Waals surface area contributed by atoms with Crippen molar-refractivity contribution < 1.29 is 12.8 Å². The van der Waals surface area contributed by atoms with Gasteiger partial charge in [0.1, 0.15) is 6.04 Å². The highest BCUT2D eigenvalue weighted by molar-refractivity contribution is 9.10. The quantitative estimate of drug-likeness (QED) is 0.720. The van der Waals surface area contributed by atoms with Crippen molar-refractivity contribution in [1.29, 1.82) is 0 Å². The van der Waals surface area contributed by atoms with Gasteiger partial charge in [0.2, 0.25) is 21.8 Å².